The van der Waals surface area contributed by atoms with Crippen LogP contribution in [0.1, 0.15) is 51.4 Å². The zero-order chi connectivity index (χ0) is 22.3. The molecule has 0 atom stereocenters. The molecule has 1 amide bonds. The summed E-state index contributed by atoms with van der Waals surface area (Å²) in [5.74, 6) is -0.622. The molecule has 2 saturated heterocycles. The Hall–Kier alpha value is -0.950. The van der Waals surface area contributed by atoms with Crippen LogP contribution >= 0.6 is 0 Å². The fraction of sp³-hybridized carbons (Fsp3) is 0.944. The SMILES string of the molecule is O=C(NO)C1(S(=O)(=O)N2CCC(CCCOCCCC(F)(F)F)CC2)CCOCC1. The highest BCUT2D eigenvalue weighted by atomic mass is 32.2. The molecule has 0 bridgehead atoms. The highest BCUT2D eigenvalue weighted by Gasteiger charge is 2.54. The lowest BCUT2D eigenvalue weighted by molar-refractivity contribution is -0.138. The molecule has 2 heterocycles. The Bertz CT molecular complexity index is 645. The van der Waals surface area contributed by atoms with Crippen molar-refractivity contribution in [2.45, 2.75) is 62.3 Å². The van der Waals surface area contributed by atoms with Crippen molar-refractivity contribution in [2.24, 2.45) is 5.92 Å². The smallest absolute Gasteiger partial charge is 0.381 e. The first-order chi connectivity index (χ1) is 14.1. The van der Waals surface area contributed by atoms with E-state index in [0.29, 0.717) is 44.9 Å². The average Bonchev–Trinajstić information content (AvgIpc) is 2.72. The quantitative estimate of drug-likeness (QED) is 0.294. The van der Waals surface area contributed by atoms with Gasteiger partial charge in [-0.15, -0.1) is 0 Å². The number of rotatable bonds is 10. The van der Waals surface area contributed by atoms with E-state index in [-0.39, 0.29) is 39.1 Å². The van der Waals surface area contributed by atoms with Crippen LogP contribution in [0.15, 0.2) is 0 Å². The van der Waals surface area contributed by atoms with Crippen LogP contribution in [0.5, 0.6) is 0 Å². The van der Waals surface area contributed by atoms with Gasteiger partial charge in [0.2, 0.25) is 10.0 Å². The summed E-state index contributed by atoms with van der Waals surface area (Å²) in [6.07, 6.45) is -2.27. The minimum Gasteiger partial charge on any atom is -0.381 e. The summed E-state index contributed by atoms with van der Waals surface area (Å²) in [6, 6.07) is 0. The zero-order valence-electron chi connectivity index (χ0n) is 17.0. The van der Waals surface area contributed by atoms with Crippen molar-refractivity contribution in [2.75, 3.05) is 39.5 Å². The minimum atomic E-state index is -4.15. The summed E-state index contributed by atoms with van der Waals surface area (Å²) in [5.41, 5.74) is 1.51. The first kappa shape index (κ1) is 25.3. The first-order valence-electron chi connectivity index (χ1n) is 10.3. The monoisotopic (exact) mass is 460 g/mol. The van der Waals surface area contributed by atoms with Crippen molar-refractivity contribution in [3.63, 3.8) is 0 Å². The second kappa shape index (κ2) is 11.1. The lowest BCUT2D eigenvalue weighted by Gasteiger charge is -2.40. The summed E-state index contributed by atoms with van der Waals surface area (Å²) in [5, 5.41) is 9.08. The number of amides is 1. The largest absolute Gasteiger partial charge is 0.389 e. The molecular weight excluding hydrogens is 429 g/mol. The van der Waals surface area contributed by atoms with Gasteiger partial charge in [-0.1, -0.05) is 0 Å². The molecule has 2 rings (SSSR count). The minimum absolute atomic E-state index is 0.00661. The third-order valence-corrected chi connectivity index (χ3v) is 8.50. The molecule has 0 spiro atoms. The first-order valence-corrected chi connectivity index (χ1v) is 11.7. The third-order valence-electron chi connectivity index (χ3n) is 5.87. The number of carbonyl (C=O) groups excluding carboxylic acids is 1. The van der Waals surface area contributed by atoms with Crippen molar-refractivity contribution < 1.29 is 41.1 Å². The van der Waals surface area contributed by atoms with Gasteiger partial charge in [-0.05, 0) is 38.0 Å². The maximum atomic E-state index is 13.2. The predicted octanol–water partition coefficient (Wildman–Crippen LogP) is 2.22. The fourth-order valence-corrected chi connectivity index (χ4v) is 6.19. The molecule has 12 heteroatoms. The van der Waals surface area contributed by atoms with Crippen molar-refractivity contribution in [3.8, 4) is 0 Å². The number of carbonyl (C=O) groups is 1. The standard InChI is InChI=1S/C18H31F3N2O6S/c19-18(20,21)6-2-12-28-11-1-3-15-4-9-23(10-5-15)30(26,27)17(16(24)22-25)7-13-29-14-8-17/h15,25H,1-14H2,(H,22,24). The maximum absolute atomic E-state index is 13.2. The number of alkyl halides is 3. The van der Waals surface area contributed by atoms with E-state index in [1.165, 1.54) is 9.79 Å². The van der Waals surface area contributed by atoms with Crippen LogP contribution in [0.25, 0.3) is 0 Å². The van der Waals surface area contributed by atoms with Gasteiger partial charge in [0.15, 0.2) is 4.75 Å². The highest BCUT2D eigenvalue weighted by molar-refractivity contribution is 7.91. The molecule has 2 aliphatic heterocycles. The zero-order valence-corrected chi connectivity index (χ0v) is 17.8. The van der Waals surface area contributed by atoms with Crippen LogP contribution in [0.2, 0.25) is 0 Å². The highest BCUT2D eigenvalue weighted by Crippen LogP contribution is 2.35. The Labute approximate surface area is 175 Å². The summed E-state index contributed by atoms with van der Waals surface area (Å²) in [6.45, 7) is 1.31. The lowest BCUT2D eigenvalue weighted by Crippen LogP contribution is -2.60. The number of hydroxylamine groups is 1. The van der Waals surface area contributed by atoms with Crippen molar-refractivity contribution >= 4 is 15.9 Å². The van der Waals surface area contributed by atoms with E-state index in [0.717, 1.165) is 6.42 Å². The van der Waals surface area contributed by atoms with Crippen LogP contribution < -0.4 is 5.48 Å². The Morgan fingerprint density at radius 3 is 2.33 bits per heavy atom. The third kappa shape index (κ3) is 6.52. The fourth-order valence-electron chi connectivity index (χ4n) is 4.04. The number of hydrogen-bond acceptors (Lipinski definition) is 6. The maximum Gasteiger partial charge on any atom is 0.389 e. The van der Waals surface area contributed by atoms with Crippen LogP contribution in [0, 0.1) is 5.92 Å². The van der Waals surface area contributed by atoms with Gasteiger partial charge < -0.3 is 9.47 Å². The van der Waals surface area contributed by atoms with Crippen LogP contribution in [0.4, 0.5) is 13.2 Å². The molecule has 8 nitrogen and oxygen atoms in total. The molecule has 2 aliphatic rings. The van der Waals surface area contributed by atoms with Gasteiger partial charge in [0, 0.05) is 58.8 Å². The molecule has 2 fully saturated rings. The van der Waals surface area contributed by atoms with E-state index >= 15 is 0 Å². The van der Waals surface area contributed by atoms with E-state index in [4.69, 9.17) is 14.7 Å². The topological polar surface area (TPSA) is 105 Å². The number of piperidine rings is 1. The number of hydrogen-bond donors (Lipinski definition) is 2. The molecule has 0 saturated carbocycles. The Morgan fingerprint density at radius 1 is 1.17 bits per heavy atom. The molecule has 0 radical (unpaired) electrons. The van der Waals surface area contributed by atoms with Gasteiger partial charge in [0.1, 0.15) is 0 Å². The van der Waals surface area contributed by atoms with Crippen molar-refractivity contribution in [1.82, 2.24) is 9.79 Å². The summed E-state index contributed by atoms with van der Waals surface area (Å²) >= 11 is 0. The van der Waals surface area contributed by atoms with E-state index < -0.39 is 33.3 Å². The summed E-state index contributed by atoms with van der Waals surface area (Å²) < 4.78 is 72.6. The normalized spacial score (nSPS) is 21.5. The van der Waals surface area contributed by atoms with Crippen molar-refractivity contribution in [3.05, 3.63) is 0 Å². The number of nitrogens with zero attached hydrogens (tertiary/aromatic N) is 1. The molecule has 0 aromatic heterocycles. The Morgan fingerprint density at radius 2 is 1.77 bits per heavy atom. The van der Waals surface area contributed by atoms with Gasteiger partial charge in [0.05, 0.1) is 0 Å². The van der Waals surface area contributed by atoms with E-state index in [2.05, 4.69) is 0 Å². The molecule has 2 N–H and O–H groups in total. The van der Waals surface area contributed by atoms with Gasteiger partial charge in [-0.3, -0.25) is 10.0 Å². The summed E-state index contributed by atoms with van der Waals surface area (Å²) in [7, 11) is -3.96. The second-order valence-corrected chi connectivity index (χ2v) is 10.1. The number of nitrogens with one attached hydrogen (secondary N) is 1. The summed E-state index contributed by atoms with van der Waals surface area (Å²) in [4.78, 5) is 12.2. The molecule has 0 aromatic carbocycles. The van der Waals surface area contributed by atoms with Crippen LogP contribution in [0.3, 0.4) is 0 Å². The van der Waals surface area contributed by atoms with Crippen molar-refractivity contribution in [1.29, 1.82) is 0 Å². The number of halogens is 3. The van der Waals surface area contributed by atoms with Gasteiger partial charge in [-0.25, -0.2) is 18.2 Å². The van der Waals surface area contributed by atoms with Crippen LogP contribution in [-0.4, -0.2) is 74.3 Å². The second-order valence-electron chi connectivity index (χ2n) is 7.87. The van der Waals surface area contributed by atoms with E-state index in [1.54, 1.807) is 0 Å². The predicted molar refractivity (Wildman–Crippen MR) is 101 cm³/mol. The lowest BCUT2D eigenvalue weighted by atomic mass is 9.93. The molecular formula is C18H31F3N2O6S. The average molecular weight is 461 g/mol. The van der Waals surface area contributed by atoms with Crippen LogP contribution in [-0.2, 0) is 24.3 Å². The molecule has 0 aromatic rings. The number of sulfonamides is 1. The molecule has 0 unspecified atom stereocenters. The molecule has 0 aliphatic carbocycles. The van der Waals surface area contributed by atoms with E-state index in [9.17, 15) is 26.4 Å². The Balaban J connectivity index is 1.76. The molecule has 176 valence electrons. The van der Waals surface area contributed by atoms with Gasteiger partial charge in [0.25, 0.3) is 5.91 Å². The van der Waals surface area contributed by atoms with E-state index in [1.807, 2.05) is 0 Å². The molecule has 30 heavy (non-hydrogen) atoms. The Kier molecular flexibility index (Phi) is 9.34. The van der Waals surface area contributed by atoms with Gasteiger partial charge in [-0.2, -0.15) is 13.2 Å². The number of ether oxygens (including phenoxy) is 2. The van der Waals surface area contributed by atoms with Gasteiger partial charge >= 0.3 is 6.18 Å².